The van der Waals surface area contributed by atoms with E-state index in [0.717, 1.165) is 44.5 Å². The average Bonchev–Trinajstić information content (AvgIpc) is 3.73. The quantitative estimate of drug-likeness (QED) is 0.268. The van der Waals surface area contributed by atoms with Crippen LogP contribution < -0.4 is 0 Å². The zero-order chi connectivity index (χ0) is 26.2. The SMILES string of the molecule is [Zn+2].c1ccc2c(c1)C1=NC2=NC2=NC(=NC3=NC(=NC4=NC(=N1)c1ccccc14)c1ccccc13)c1ccccc12. The molecule has 0 saturated heterocycles. The second-order valence-corrected chi connectivity index (χ2v) is 9.67. The van der Waals surface area contributed by atoms with Crippen LogP contribution in [0.4, 0.5) is 0 Å². The summed E-state index contributed by atoms with van der Waals surface area (Å²) in [6.07, 6.45) is 0. The van der Waals surface area contributed by atoms with E-state index in [9.17, 15) is 0 Å². The number of hydrogen-bond acceptors (Lipinski definition) is 8. The van der Waals surface area contributed by atoms with Crippen LogP contribution in [0.3, 0.4) is 0 Å². The first-order valence-electron chi connectivity index (χ1n) is 12.9. The van der Waals surface area contributed by atoms with Crippen LogP contribution in [0.1, 0.15) is 44.5 Å². The van der Waals surface area contributed by atoms with Crippen molar-refractivity contribution < 1.29 is 19.5 Å². The smallest absolute Gasteiger partial charge is 0.208 e. The van der Waals surface area contributed by atoms with Crippen LogP contribution in [-0.4, -0.2) is 46.7 Å². The van der Waals surface area contributed by atoms with E-state index in [2.05, 4.69) is 0 Å². The molecular weight excluding hydrogens is 562 g/mol. The standard InChI is InChI=1S/C32H16N8.Zn/c1-2-10-18-17(9-1)25-33-26(18)38-28-21-13-5-6-14-22(21)30(35-28)40-32-24-16-8-7-15-23(24)31(36-32)39-29-20-12-4-3-11-19(20)27(34-29)37-25;/h1-16H;/q;+2. The van der Waals surface area contributed by atoms with Crippen molar-refractivity contribution in [3.63, 3.8) is 0 Å². The van der Waals surface area contributed by atoms with Crippen LogP contribution in [0, 0.1) is 0 Å². The fourth-order valence-corrected chi connectivity index (χ4v) is 5.46. The first-order valence-corrected chi connectivity index (χ1v) is 12.9. The number of nitrogens with zero attached hydrogens (tertiary/aromatic N) is 8. The Bertz CT molecular complexity index is 1790. The minimum Gasteiger partial charge on any atom is -0.208 e. The summed E-state index contributed by atoms with van der Waals surface area (Å²) >= 11 is 0. The summed E-state index contributed by atoms with van der Waals surface area (Å²) in [6.45, 7) is 0. The maximum absolute atomic E-state index is 4.95. The average molecular weight is 578 g/mol. The third-order valence-corrected chi connectivity index (χ3v) is 7.33. The molecule has 41 heavy (non-hydrogen) atoms. The molecule has 5 aliphatic heterocycles. The molecule has 5 aliphatic rings. The van der Waals surface area contributed by atoms with Crippen molar-refractivity contribution in [2.24, 2.45) is 39.9 Å². The van der Waals surface area contributed by atoms with Gasteiger partial charge >= 0.3 is 19.5 Å². The molecule has 8 bridgehead atoms. The Morgan fingerprint density at radius 2 is 0.341 bits per heavy atom. The Morgan fingerprint density at radius 3 is 0.463 bits per heavy atom. The number of aliphatic imine (C=N–C) groups is 8. The summed E-state index contributed by atoms with van der Waals surface area (Å²) in [4.78, 5) is 39.3. The van der Waals surface area contributed by atoms with Gasteiger partial charge < -0.3 is 0 Å². The Hall–Kier alpha value is -5.14. The summed E-state index contributed by atoms with van der Waals surface area (Å²) in [5.41, 5.74) is 7.15. The predicted octanol–water partition coefficient (Wildman–Crippen LogP) is 4.83. The van der Waals surface area contributed by atoms with Crippen LogP contribution in [0.2, 0.25) is 0 Å². The van der Waals surface area contributed by atoms with Gasteiger partial charge in [-0.05, 0) is 0 Å². The van der Waals surface area contributed by atoms with E-state index in [4.69, 9.17) is 39.9 Å². The summed E-state index contributed by atoms with van der Waals surface area (Å²) in [5.74, 6) is 4.42. The molecule has 9 heteroatoms. The van der Waals surface area contributed by atoms with E-state index in [1.807, 2.05) is 97.1 Å². The van der Waals surface area contributed by atoms with Gasteiger partial charge in [-0.1, -0.05) is 97.1 Å². The summed E-state index contributed by atoms with van der Waals surface area (Å²) < 4.78 is 0. The minimum absolute atomic E-state index is 0. The molecule has 0 aromatic heterocycles. The van der Waals surface area contributed by atoms with E-state index in [1.165, 1.54) is 0 Å². The van der Waals surface area contributed by atoms with Gasteiger partial charge in [-0.25, -0.2) is 39.9 Å². The molecule has 9 rings (SSSR count). The number of hydrogen-bond donors (Lipinski definition) is 0. The largest absolute Gasteiger partial charge is 2.00 e. The van der Waals surface area contributed by atoms with E-state index < -0.39 is 0 Å². The maximum atomic E-state index is 4.95. The first kappa shape index (κ1) is 23.7. The van der Waals surface area contributed by atoms with Gasteiger partial charge in [0.1, 0.15) is 0 Å². The van der Waals surface area contributed by atoms with Gasteiger partial charge in [0.05, 0.1) is 0 Å². The molecule has 184 valence electrons. The van der Waals surface area contributed by atoms with Gasteiger partial charge in [0, 0.05) is 44.5 Å². The Morgan fingerprint density at radius 1 is 0.220 bits per heavy atom. The van der Waals surface area contributed by atoms with Gasteiger partial charge in [0.2, 0.25) is 0 Å². The summed E-state index contributed by atoms with van der Waals surface area (Å²) in [7, 11) is 0. The minimum atomic E-state index is 0. The molecular formula is C32H16N8Zn+2. The van der Waals surface area contributed by atoms with Gasteiger partial charge in [-0.15, -0.1) is 0 Å². The van der Waals surface area contributed by atoms with Gasteiger partial charge in [0.25, 0.3) is 0 Å². The molecule has 0 radical (unpaired) electrons. The van der Waals surface area contributed by atoms with Crippen molar-refractivity contribution in [1.82, 2.24) is 0 Å². The topological polar surface area (TPSA) is 98.9 Å². The molecule has 0 unspecified atom stereocenters. The normalized spacial score (nSPS) is 16.8. The van der Waals surface area contributed by atoms with Gasteiger partial charge in [-0.3, -0.25) is 0 Å². The second-order valence-electron chi connectivity index (χ2n) is 9.67. The van der Waals surface area contributed by atoms with Crippen molar-refractivity contribution in [3.05, 3.63) is 142 Å². The zero-order valence-corrected chi connectivity index (χ0v) is 24.5. The fourth-order valence-electron chi connectivity index (χ4n) is 5.46. The van der Waals surface area contributed by atoms with Crippen LogP contribution >= 0.6 is 0 Å². The number of amidine groups is 8. The van der Waals surface area contributed by atoms with Crippen molar-refractivity contribution in [3.8, 4) is 0 Å². The Balaban J connectivity index is 0.00000256. The molecule has 0 aliphatic carbocycles. The Labute approximate surface area is 247 Å². The third-order valence-electron chi connectivity index (χ3n) is 7.33. The van der Waals surface area contributed by atoms with E-state index in [-0.39, 0.29) is 19.5 Å². The van der Waals surface area contributed by atoms with Crippen LogP contribution in [-0.2, 0) is 19.5 Å². The van der Waals surface area contributed by atoms with Crippen LogP contribution in [0.15, 0.2) is 137 Å². The molecule has 0 spiro atoms. The van der Waals surface area contributed by atoms with Crippen molar-refractivity contribution in [1.29, 1.82) is 0 Å². The number of fused-ring (bicyclic) bond motifs is 16. The molecule has 0 N–H and O–H groups in total. The van der Waals surface area contributed by atoms with Gasteiger partial charge in [0.15, 0.2) is 46.7 Å². The molecule has 0 atom stereocenters. The van der Waals surface area contributed by atoms with E-state index >= 15 is 0 Å². The molecule has 0 amide bonds. The van der Waals surface area contributed by atoms with Crippen molar-refractivity contribution >= 4 is 46.7 Å². The van der Waals surface area contributed by atoms with Crippen molar-refractivity contribution in [2.75, 3.05) is 0 Å². The molecule has 0 fully saturated rings. The van der Waals surface area contributed by atoms with Gasteiger partial charge in [-0.2, -0.15) is 0 Å². The molecule has 5 heterocycles. The monoisotopic (exact) mass is 576 g/mol. The molecule has 4 aromatic rings. The van der Waals surface area contributed by atoms with E-state index in [0.29, 0.717) is 46.7 Å². The van der Waals surface area contributed by atoms with E-state index in [1.54, 1.807) is 0 Å². The third kappa shape index (κ3) is 3.56. The fraction of sp³-hybridized carbons (Fsp3) is 0. The Kier molecular flexibility index (Phi) is 5.17. The predicted molar refractivity (Wildman–Crippen MR) is 158 cm³/mol. The molecule has 0 saturated carbocycles. The first-order chi connectivity index (χ1) is 19.8. The number of rotatable bonds is 0. The van der Waals surface area contributed by atoms with Crippen LogP contribution in [0.5, 0.6) is 0 Å². The zero-order valence-electron chi connectivity index (χ0n) is 21.5. The summed E-state index contributed by atoms with van der Waals surface area (Å²) in [6, 6.07) is 31.8. The van der Waals surface area contributed by atoms with Crippen molar-refractivity contribution in [2.45, 2.75) is 0 Å². The molecule has 8 nitrogen and oxygen atoms in total. The van der Waals surface area contributed by atoms with Crippen LogP contribution in [0.25, 0.3) is 0 Å². The second kappa shape index (κ2) is 8.94. The number of benzene rings is 4. The maximum Gasteiger partial charge on any atom is 2.00 e. The summed E-state index contributed by atoms with van der Waals surface area (Å²) in [5, 5.41) is 0. The molecule has 4 aromatic carbocycles.